The molecule has 0 aromatic heterocycles. The summed E-state index contributed by atoms with van der Waals surface area (Å²) >= 11 is 0. The van der Waals surface area contributed by atoms with E-state index in [2.05, 4.69) is 39.9 Å². The molecule has 2 N–H and O–H groups in total. The van der Waals surface area contributed by atoms with Gasteiger partial charge < -0.3 is 10.6 Å². The van der Waals surface area contributed by atoms with E-state index in [0.717, 1.165) is 50.4 Å². The monoisotopic (exact) mass is 463 g/mol. The van der Waals surface area contributed by atoms with Crippen LogP contribution in [0.5, 0.6) is 0 Å². The van der Waals surface area contributed by atoms with Crippen LogP contribution in [0.2, 0.25) is 0 Å². The maximum atomic E-state index is 12.0. The van der Waals surface area contributed by atoms with Gasteiger partial charge in [0.2, 0.25) is 0 Å². The number of hydrogen-bond donors (Lipinski definition) is 2. The van der Waals surface area contributed by atoms with Gasteiger partial charge >= 0.3 is 0 Å². The maximum Gasteiger partial charge on any atom is 0.191 e. The third-order valence-corrected chi connectivity index (χ3v) is 6.14. The Kier molecular flexibility index (Phi) is 10.6. The molecule has 3 atom stereocenters. The van der Waals surface area contributed by atoms with Crippen molar-refractivity contribution in [3.8, 4) is 0 Å². The van der Waals surface area contributed by atoms with Crippen molar-refractivity contribution in [2.24, 2.45) is 4.99 Å². The van der Waals surface area contributed by atoms with Crippen LogP contribution in [0, 0.1) is 0 Å². The largest absolute Gasteiger partial charge is 0.356 e. The van der Waals surface area contributed by atoms with E-state index in [9.17, 15) is 4.21 Å². The average molecular weight is 463 g/mol. The SMILES string of the molecule is CCS(=O)C1CCCC(NC(=NC)NCCc2ccccc2)C1.I. The van der Waals surface area contributed by atoms with Gasteiger partial charge in [-0.3, -0.25) is 9.20 Å². The smallest absolute Gasteiger partial charge is 0.191 e. The Balaban J connectivity index is 0.00000288. The lowest BCUT2D eigenvalue weighted by Gasteiger charge is -2.30. The van der Waals surface area contributed by atoms with Crippen molar-refractivity contribution in [3.05, 3.63) is 35.9 Å². The summed E-state index contributed by atoms with van der Waals surface area (Å²) in [5, 5.41) is 7.23. The first-order valence-electron chi connectivity index (χ1n) is 8.61. The predicted molar refractivity (Wildman–Crippen MR) is 115 cm³/mol. The van der Waals surface area contributed by atoms with Gasteiger partial charge in [0.15, 0.2) is 5.96 Å². The van der Waals surface area contributed by atoms with E-state index < -0.39 is 10.8 Å². The van der Waals surface area contributed by atoms with Crippen molar-refractivity contribution < 1.29 is 4.21 Å². The van der Waals surface area contributed by atoms with Crippen LogP contribution in [-0.2, 0) is 17.2 Å². The molecular formula is C18H30IN3OS. The molecule has 1 saturated carbocycles. The number of aliphatic imine (C=N–C) groups is 1. The first-order valence-corrected chi connectivity index (χ1v) is 9.99. The van der Waals surface area contributed by atoms with E-state index in [4.69, 9.17) is 0 Å². The fraction of sp³-hybridized carbons (Fsp3) is 0.611. The normalized spacial score (nSPS) is 22.3. The highest BCUT2D eigenvalue weighted by Crippen LogP contribution is 2.22. The molecule has 2 rings (SSSR count). The number of nitrogens with zero attached hydrogens (tertiary/aromatic N) is 1. The van der Waals surface area contributed by atoms with Crippen molar-refractivity contribution in [2.75, 3.05) is 19.3 Å². The molecule has 1 aliphatic rings. The summed E-state index contributed by atoms with van der Waals surface area (Å²) in [4.78, 5) is 4.32. The zero-order chi connectivity index (χ0) is 16.5. The second-order valence-corrected chi connectivity index (χ2v) is 8.04. The number of hydrogen-bond acceptors (Lipinski definition) is 2. The van der Waals surface area contributed by atoms with Crippen LogP contribution in [-0.4, -0.2) is 40.8 Å². The summed E-state index contributed by atoms with van der Waals surface area (Å²) in [7, 11) is 1.13. The van der Waals surface area contributed by atoms with Gasteiger partial charge in [0.25, 0.3) is 0 Å². The Bertz CT molecular complexity index is 524. The van der Waals surface area contributed by atoms with Crippen molar-refractivity contribution in [1.29, 1.82) is 0 Å². The molecule has 1 aliphatic carbocycles. The maximum absolute atomic E-state index is 12.0. The molecule has 3 unspecified atom stereocenters. The summed E-state index contributed by atoms with van der Waals surface area (Å²) in [6.07, 6.45) is 5.35. The van der Waals surface area contributed by atoms with Crippen LogP contribution in [0.3, 0.4) is 0 Å². The highest BCUT2D eigenvalue weighted by atomic mass is 127. The number of nitrogens with one attached hydrogen (secondary N) is 2. The fourth-order valence-corrected chi connectivity index (χ4v) is 4.46. The topological polar surface area (TPSA) is 53.5 Å². The summed E-state index contributed by atoms with van der Waals surface area (Å²) < 4.78 is 12.0. The van der Waals surface area contributed by atoms with Crippen LogP contribution in [0.15, 0.2) is 35.3 Å². The highest BCUT2D eigenvalue weighted by Gasteiger charge is 2.25. The molecule has 1 aromatic carbocycles. The van der Waals surface area contributed by atoms with E-state index in [0.29, 0.717) is 11.3 Å². The summed E-state index contributed by atoms with van der Waals surface area (Å²) in [6, 6.07) is 10.8. The molecule has 136 valence electrons. The lowest BCUT2D eigenvalue weighted by Crippen LogP contribution is -2.47. The quantitative estimate of drug-likeness (QED) is 0.388. The van der Waals surface area contributed by atoms with Crippen molar-refractivity contribution in [3.63, 3.8) is 0 Å². The van der Waals surface area contributed by atoms with E-state index in [1.807, 2.05) is 20.0 Å². The highest BCUT2D eigenvalue weighted by molar-refractivity contribution is 14.0. The molecule has 0 saturated heterocycles. The van der Waals surface area contributed by atoms with Crippen LogP contribution < -0.4 is 10.6 Å². The second-order valence-electron chi connectivity index (χ2n) is 6.03. The van der Waals surface area contributed by atoms with Crippen LogP contribution >= 0.6 is 24.0 Å². The van der Waals surface area contributed by atoms with Gasteiger partial charge in [0, 0.05) is 41.4 Å². The number of halogens is 1. The van der Waals surface area contributed by atoms with E-state index in [1.165, 1.54) is 5.56 Å². The molecule has 4 nitrogen and oxygen atoms in total. The minimum atomic E-state index is -0.681. The molecule has 1 aromatic rings. The van der Waals surface area contributed by atoms with Gasteiger partial charge in [-0.15, -0.1) is 24.0 Å². The van der Waals surface area contributed by atoms with E-state index >= 15 is 0 Å². The molecule has 0 spiro atoms. The van der Waals surface area contributed by atoms with Gasteiger partial charge in [0.05, 0.1) is 0 Å². The van der Waals surface area contributed by atoms with Crippen molar-refractivity contribution in [1.82, 2.24) is 10.6 Å². The predicted octanol–water partition coefficient (Wildman–Crippen LogP) is 3.09. The first kappa shape index (κ1) is 21.4. The Morgan fingerprint density at radius 3 is 2.71 bits per heavy atom. The Morgan fingerprint density at radius 1 is 1.29 bits per heavy atom. The number of rotatable bonds is 6. The molecule has 6 heteroatoms. The van der Waals surface area contributed by atoms with E-state index in [1.54, 1.807) is 0 Å². The lowest BCUT2D eigenvalue weighted by atomic mass is 9.95. The van der Waals surface area contributed by atoms with E-state index in [-0.39, 0.29) is 24.0 Å². The molecule has 0 amide bonds. The van der Waals surface area contributed by atoms with Gasteiger partial charge in [-0.25, -0.2) is 0 Å². The molecule has 0 bridgehead atoms. The molecule has 0 radical (unpaired) electrons. The van der Waals surface area contributed by atoms with Gasteiger partial charge in [-0.05, 0) is 31.2 Å². The second kappa shape index (κ2) is 11.8. The zero-order valence-corrected chi connectivity index (χ0v) is 17.8. The van der Waals surface area contributed by atoms with Gasteiger partial charge in [-0.1, -0.05) is 43.7 Å². The van der Waals surface area contributed by atoms with Crippen molar-refractivity contribution >= 4 is 40.7 Å². The molecular weight excluding hydrogens is 433 g/mol. The van der Waals surface area contributed by atoms with Crippen molar-refractivity contribution in [2.45, 2.75) is 50.3 Å². The molecule has 1 fully saturated rings. The third kappa shape index (κ3) is 7.09. The number of benzene rings is 1. The first-order chi connectivity index (χ1) is 11.2. The summed E-state index contributed by atoms with van der Waals surface area (Å²) in [5.74, 6) is 1.62. The number of guanidine groups is 1. The molecule has 0 aliphatic heterocycles. The average Bonchev–Trinajstić information content (AvgIpc) is 2.61. The Labute approximate surface area is 165 Å². The molecule has 0 heterocycles. The zero-order valence-electron chi connectivity index (χ0n) is 14.7. The minimum Gasteiger partial charge on any atom is -0.356 e. The lowest BCUT2D eigenvalue weighted by molar-refractivity contribution is 0.413. The van der Waals surface area contributed by atoms with Crippen LogP contribution in [0.25, 0.3) is 0 Å². The van der Waals surface area contributed by atoms with Gasteiger partial charge in [-0.2, -0.15) is 0 Å². The molecule has 24 heavy (non-hydrogen) atoms. The third-order valence-electron chi connectivity index (χ3n) is 4.40. The standard InChI is InChI=1S/C18H29N3OS.HI/c1-3-23(22)17-11-7-10-16(14-17)21-18(19-2)20-13-12-15-8-5-4-6-9-15;/h4-6,8-9,16-17H,3,7,10-14H2,1-2H3,(H2,19,20,21);1H. The fourth-order valence-electron chi connectivity index (χ4n) is 3.11. The minimum absolute atomic E-state index is 0. The Hall–Kier alpha value is -0.630. The van der Waals surface area contributed by atoms with Gasteiger partial charge in [0.1, 0.15) is 0 Å². The van der Waals surface area contributed by atoms with Crippen LogP contribution in [0.4, 0.5) is 0 Å². The van der Waals surface area contributed by atoms with Crippen LogP contribution in [0.1, 0.15) is 38.2 Å². The Morgan fingerprint density at radius 2 is 2.04 bits per heavy atom. The summed E-state index contributed by atoms with van der Waals surface area (Å²) in [5.41, 5.74) is 1.33. The summed E-state index contributed by atoms with van der Waals surface area (Å²) in [6.45, 7) is 2.87.